The number of benzene rings is 2. The molecule has 2 fully saturated rings. The lowest BCUT2D eigenvalue weighted by molar-refractivity contribution is -0.154. The number of nitrogens with zero attached hydrogens (tertiary/aromatic N) is 2. The molecule has 2 aromatic rings. The van der Waals surface area contributed by atoms with Crippen LogP contribution in [0.5, 0.6) is 0 Å². The SMILES string of the molecule is N#C[C@H]1[C@@H](c2ccc(C#Cc3cccc(F)c3)cc2)[C@H](CO)N1C(=O)C1CCC1. The number of rotatable bonds is 3. The maximum absolute atomic E-state index is 13.2. The van der Waals surface area contributed by atoms with Crippen molar-refractivity contribution < 1.29 is 14.3 Å². The first-order valence-corrected chi connectivity index (χ1v) is 9.82. The summed E-state index contributed by atoms with van der Waals surface area (Å²) >= 11 is 0. The van der Waals surface area contributed by atoms with Crippen molar-refractivity contribution in [2.45, 2.75) is 37.3 Å². The zero-order valence-electron chi connectivity index (χ0n) is 15.9. The molecule has 2 aromatic carbocycles. The normalized spacial score (nSPS) is 23.2. The fraction of sp³-hybridized carbons (Fsp3) is 0.333. The zero-order valence-corrected chi connectivity index (χ0v) is 15.9. The second kappa shape index (κ2) is 8.07. The smallest absolute Gasteiger partial charge is 0.227 e. The van der Waals surface area contributed by atoms with Crippen molar-refractivity contribution in [3.05, 3.63) is 71.0 Å². The molecule has 146 valence electrons. The fourth-order valence-electron chi connectivity index (χ4n) is 4.08. The van der Waals surface area contributed by atoms with E-state index in [1.165, 1.54) is 12.1 Å². The number of amides is 1. The third-order valence-electron chi connectivity index (χ3n) is 5.91. The molecule has 0 unspecified atom stereocenters. The molecule has 4 nitrogen and oxygen atoms in total. The third kappa shape index (κ3) is 3.62. The van der Waals surface area contributed by atoms with Crippen LogP contribution in [0.25, 0.3) is 0 Å². The van der Waals surface area contributed by atoms with Gasteiger partial charge in [-0.25, -0.2) is 4.39 Å². The van der Waals surface area contributed by atoms with Gasteiger partial charge in [-0.15, -0.1) is 0 Å². The first-order chi connectivity index (χ1) is 14.1. The van der Waals surface area contributed by atoms with E-state index < -0.39 is 6.04 Å². The van der Waals surface area contributed by atoms with Crippen molar-refractivity contribution in [2.75, 3.05) is 6.61 Å². The Balaban J connectivity index is 1.51. The van der Waals surface area contributed by atoms with Crippen LogP contribution in [0, 0.1) is 34.9 Å². The molecule has 1 heterocycles. The minimum absolute atomic E-state index is 0.00123. The molecule has 0 spiro atoms. The van der Waals surface area contributed by atoms with E-state index in [4.69, 9.17) is 0 Å². The second-order valence-corrected chi connectivity index (χ2v) is 7.61. The number of halogens is 1. The summed E-state index contributed by atoms with van der Waals surface area (Å²) in [6.07, 6.45) is 2.79. The lowest BCUT2D eigenvalue weighted by atomic mass is 9.73. The molecule has 0 radical (unpaired) electrons. The van der Waals surface area contributed by atoms with Gasteiger partial charge in [0.2, 0.25) is 5.91 Å². The van der Waals surface area contributed by atoms with Crippen molar-refractivity contribution in [1.29, 1.82) is 5.26 Å². The number of aliphatic hydroxyl groups is 1. The summed E-state index contributed by atoms with van der Waals surface area (Å²) in [5.74, 6) is 5.40. The molecule has 1 aliphatic heterocycles. The minimum Gasteiger partial charge on any atom is -0.394 e. The second-order valence-electron chi connectivity index (χ2n) is 7.61. The predicted octanol–water partition coefficient (Wildman–Crippen LogP) is 3.20. The minimum atomic E-state index is -0.551. The van der Waals surface area contributed by atoms with Crippen LogP contribution in [0.1, 0.15) is 41.9 Å². The Labute approximate surface area is 169 Å². The van der Waals surface area contributed by atoms with Crippen molar-refractivity contribution in [2.24, 2.45) is 5.92 Å². The highest BCUT2D eigenvalue weighted by Crippen LogP contribution is 2.43. The molecule has 1 saturated carbocycles. The molecular formula is C24H21FN2O2. The van der Waals surface area contributed by atoms with E-state index in [2.05, 4.69) is 17.9 Å². The van der Waals surface area contributed by atoms with Crippen molar-refractivity contribution in [3.8, 4) is 17.9 Å². The first kappa shape index (κ1) is 19.2. The topological polar surface area (TPSA) is 64.3 Å². The molecule has 4 rings (SSSR count). The predicted molar refractivity (Wildman–Crippen MR) is 106 cm³/mol. The molecular weight excluding hydrogens is 367 g/mol. The van der Waals surface area contributed by atoms with E-state index in [0.717, 1.165) is 30.4 Å². The van der Waals surface area contributed by atoms with Crippen LogP contribution in [0.15, 0.2) is 48.5 Å². The third-order valence-corrected chi connectivity index (χ3v) is 5.91. The van der Waals surface area contributed by atoms with Gasteiger partial charge in [0.1, 0.15) is 11.9 Å². The number of carbonyl (C=O) groups excluding carboxylic acids is 1. The Morgan fingerprint density at radius 3 is 2.45 bits per heavy atom. The van der Waals surface area contributed by atoms with Crippen molar-refractivity contribution in [3.63, 3.8) is 0 Å². The monoisotopic (exact) mass is 388 g/mol. The fourth-order valence-corrected chi connectivity index (χ4v) is 4.08. The Bertz CT molecular complexity index is 1010. The highest BCUT2D eigenvalue weighted by atomic mass is 19.1. The average Bonchev–Trinajstić information content (AvgIpc) is 2.66. The van der Waals surface area contributed by atoms with E-state index in [1.807, 2.05) is 24.3 Å². The number of carbonyl (C=O) groups is 1. The highest BCUT2D eigenvalue weighted by Gasteiger charge is 2.53. The maximum atomic E-state index is 13.2. The van der Waals surface area contributed by atoms with Crippen LogP contribution in [0.4, 0.5) is 4.39 Å². The summed E-state index contributed by atoms with van der Waals surface area (Å²) in [5, 5.41) is 19.5. The largest absolute Gasteiger partial charge is 0.394 e. The summed E-state index contributed by atoms with van der Waals surface area (Å²) in [6.45, 7) is -0.164. The molecule has 0 aromatic heterocycles. The summed E-state index contributed by atoms with van der Waals surface area (Å²) in [7, 11) is 0. The number of hydrogen-bond donors (Lipinski definition) is 1. The van der Waals surface area contributed by atoms with Gasteiger partial charge in [0.15, 0.2) is 0 Å². The average molecular weight is 388 g/mol. The molecule has 1 aliphatic carbocycles. The number of aliphatic hydroxyl groups excluding tert-OH is 1. The summed E-state index contributed by atoms with van der Waals surface area (Å²) in [6, 6.07) is 14.9. The Hall–Kier alpha value is -3.15. The highest BCUT2D eigenvalue weighted by molar-refractivity contribution is 5.82. The van der Waals surface area contributed by atoms with E-state index >= 15 is 0 Å². The van der Waals surface area contributed by atoms with Crippen molar-refractivity contribution >= 4 is 5.91 Å². The van der Waals surface area contributed by atoms with Gasteiger partial charge < -0.3 is 10.0 Å². The van der Waals surface area contributed by atoms with E-state index in [-0.39, 0.29) is 36.2 Å². The molecule has 3 atom stereocenters. The van der Waals surface area contributed by atoms with Gasteiger partial charge in [-0.05, 0) is 48.7 Å². The van der Waals surface area contributed by atoms with Gasteiger partial charge in [0.05, 0.1) is 18.7 Å². The van der Waals surface area contributed by atoms with Crippen LogP contribution in [-0.4, -0.2) is 34.6 Å². The van der Waals surface area contributed by atoms with Gasteiger partial charge in [-0.2, -0.15) is 5.26 Å². The van der Waals surface area contributed by atoms with Gasteiger partial charge >= 0.3 is 0 Å². The van der Waals surface area contributed by atoms with Crippen LogP contribution < -0.4 is 0 Å². The number of nitriles is 1. The van der Waals surface area contributed by atoms with Crippen LogP contribution >= 0.6 is 0 Å². The molecule has 1 amide bonds. The summed E-state index contributed by atoms with van der Waals surface area (Å²) < 4.78 is 13.2. The Kier molecular flexibility index (Phi) is 5.34. The molecule has 0 bridgehead atoms. The van der Waals surface area contributed by atoms with Crippen LogP contribution in [-0.2, 0) is 4.79 Å². The quantitative estimate of drug-likeness (QED) is 0.822. The van der Waals surface area contributed by atoms with Gasteiger partial charge in [-0.3, -0.25) is 4.79 Å². The van der Waals surface area contributed by atoms with E-state index in [9.17, 15) is 19.6 Å². The Morgan fingerprint density at radius 1 is 1.14 bits per heavy atom. The number of hydrogen-bond acceptors (Lipinski definition) is 3. The molecule has 29 heavy (non-hydrogen) atoms. The maximum Gasteiger partial charge on any atom is 0.227 e. The molecule has 2 aliphatic rings. The van der Waals surface area contributed by atoms with E-state index in [0.29, 0.717) is 5.56 Å². The van der Waals surface area contributed by atoms with Gasteiger partial charge in [-0.1, -0.05) is 36.5 Å². The zero-order chi connectivity index (χ0) is 20.4. The molecule has 1 N–H and O–H groups in total. The first-order valence-electron chi connectivity index (χ1n) is 9.82. The van der Waals surface area contributed by atoms with Crippen molar-refractivity contribution in [1.82, 2.24) is 4.90 Å². The summed E-state index contributed by atoms with van der Waals surface area (Å²) in [4.78, 5) is 14.2. The standard InChI is InChI=1S/C24H21FN2O2/c25-20-6-1-3-17(13-20)8-7-16-9-11-18(12-10-16)23-21(14-26)27(22(23)15-28)24(29)19-4-2-5-19/h1,3,6,9-13,19,21-23,28H,2,4-5,15H2/t21-,22-,23+/m0/s1. The van der Waals surface area contributed by atoms with Crippen LogP contribution in [0.2, 0.25) is 0 Å². The van der Waals surface area contributed by atoms with Gasteiger partial charge in [0, 0.05) is 23.0 Å². The molecule has 5 heteroatoms. The Morgan fingerprint density at radius 2 is 1.86 bits per heavy atom. The van der Waals surface area contributed by atoms with E-state index in [1.54, 1.807) is 17.0 Å². The molecule has 1 saturated heterocycles. The number of likely N-dealkylation sites (tertiary alicyclic amines) is 1. The van der Waals surface area contributed by atoms with Gasteiger partial charge in [0.25, 0.3) is 0 Å². The summed E-state index contributed by atoms with van der Waals surface area (Å²) in [5.41, 5.74) is 2.28. The van der Waals surface area contributed by atoms with Crippen LogP contribution in [0.3, 0.4) is 0 Å². The lowest BCUT2D eigenvalue weighted by Gasteiger charge is -2.53. The lowest BCUT2D eigenvalue weighted by Crippen LogP contribution is -2.66.